The average Bonchev–Trinajstić information content (AvgIpc) is 2.46. The number of aliphatic hydroxyl groups excluding tert-OH is 1. The summed E-state index contributed by atoms with van der Waals surface area (Å²) in [7, 11) is 0. The van der Waals surface area contributed by atoms with Crippen LogP contribution in [0, 0.1) is 0 Å². The molecule has 1 aliphatic heterocycles. The Hall–Kier alpha value is -2.17. The van der Waals surface area contributed by atoms with E-state index >= 15 is 0 Å². The van der Waals surface area contributed by atoms with Gasteiger partial charge in [-0.15, -0.1) is 0 Å². The van der Waals surface area contributed by atoms with Gasteiger partial charge in [0.1, 0.15) is 28.4 Å². The largest absolute Gasteiger partial charge is 0.515 e. The molecule has 1 aromatic rings. The van der Waals surface area contributed by atoms with E-state index in [1.165, 1.54) is 12.5 Å². The second-order valence-electron chi connectivity index (χ2n) is 6.68. The van der Waals surface area contributed by atoms with Crippen LogP contribution in [0.4, 0.5) is 0 Å². The number of rotatable bonds is 2. The summed E-state index contributed by atoms with van der Waals surface area (Å²) >= 11 is 0. The molecule has 0 amide bonds. The van der Waals surface area contributed by atoms with Gasteiger partial charge < -0.3 is 19.7 Å². The average molecular weight is 318 g/mol. The van der Waals surface area contributed by atoms with E-state index in [4.69, 9.17) is 9.47 Å². The quantitative estimate of drug-likeness (QED) is 0.639. The zero-order valence-electron chi connectivity index (χ0n) is 13.5. The summed E-state index contributed by atoms with van der Waals surface area (Å²) in [5, 5.41) is 19.5. The van der Waals surface area contributed by atoms with Crippen LogP contribution < -0.4 is 9.47 Å². The lowest BCUT2D eigenvalue weighted by molar-refractivity contribution is 0.0834. The van der Waals surface area contributed by atoms with Crippen molar-refractivity contribution in [1.82, 2.24) is 0 Å². The van der Waals surface area contributed by atoms with Crippen LogP contribution in [0.5, 0.6) is 17.2 Å². The van der Waals surface area contributed by atoms with E-state index in [0.717, 1.165) is 31.9 Å². The van der Waals surface area contributed by atoms with Crippen molar-refractivity contribution in [2.24, 2.45) is 0 Å². The van der Waals surface area contributed by atoms with Crippen molar-refractivity contribution in [3.63, 3.8) is 0 Å². The maximum atomic E-state index is 12.5. The Kier molecular flexibility index (Phi) is 3.96. The Morgan fingerprint density at radius 1 is 1.26 bits per heavy atom. The van der Waals surface area contributed by atoms with Crippen LogP contribution in [-0.4, -0.2) is 27.7 Å². The summed E-state index contributed by atoms with van der Waals surface area (Å²) < 4.78 is 11.8. The summed E-state index contributed by atoms with van der Waals surface area (Å²) in [6.07, 6.45) is 6.42. The van der Waals surface area contributed by atoms with Gasteiger partial charge in [0.05, 0.1) is 17.9 Å². The molecule has 3 rings (SSSR count). The lowest BCUT2D eigenvalue weighted by atomic mass is 9.87. The van der Waals surface area contributed by atoms with Gasteiger partial charge >= 0.3 is 0 Å². The van der Waals surface area contributed by atoms with Crippen LogP contribution in [0.2, 0.25) is 0 Å². The fraction of sp³-hybridized carbons (Fsp3) is 0.500. The number of carbonyl (C=O) groups is 1. The number of aliphatic hydroxyl groups is 1. The SMILES string of the molecule is CC1(C)Oc2cc(OC3CCCCC3)cc(O)c2C(=O)C1=CO. The van der Waals surface area contributed by atoms with E-state index < -0.39 is 11.4 Å². The molecule has 2 aliphatic rings. The predicted octanol–water partition coefficient (Wildman–Crippen LogP) is 3.90. The van der Waals surface area contributed by atoms with Crippen LogP contribution in [0.3, 0.4) is 0 Å². The van der Waals surface area contributed by atoms with Gasteiger partial charge in [0.15, 0.2) is 0 Å². The van der Waals surface area contributed by atoms with Crippen molar-refractivity contribution in [3.8, 4) is 17.2 Å². The third-order valence-electron chi connectivity index (χ3n) is 4.52. The van der Waals surface area contributed by atoms with E-state index in [-0.39, 0.29) is 28.7 Å². The van der Waals surface area contributed by atoms with Gasteiger partial charge in [0, 0.05) is 12.1 Å². The smallest absolute Gasteiger partial charge is 0.203 e. The highest BCUT2D eigenvalue weighted by atomic mass is 16.5. The first kappa shape index (κ1) is 15.7. The molecule has 124 valence electrons. The number of phenolic OH excluding ortho intramolecular Hbond substituents is 1. The van der Waals surface area contributed by atoms with Gasteiger partial charge in [0.25, 0.3) is 0 Å². The van der Waals surface area contributed by atoms with Crippen molar-refractivity contribution >= 4 is 5.78 Å². The number of benzene rings is 1. The van der Waals surface area contributed by atoms with Crippen LogP contribution >= 0.6 is 0 Å². The Labute approximate surface area is 135 Å². The number of carbonyl (C=O) groups excluding carboxylic acids is 1. The van der Waals surface area contributed by atoms with E-state index in [0.29, 0.717) is 5.75 Å². The number of hydrogen-bond donors (Lipinski definition) is 2. The lowest BCUT2D eigenvalue weighted by Crippen LogP contribution is -2.39. The maximum absolute atomic E-state index is 12.5. The fourth-order valence-corrected chi connectivity index (χ4v) is 3.28. The number of hydrogen-bond acceptors (Lipinski definition) is 5. The minimum atomic E-state index is -0.964. The van der Waals surface area contributed by atoms with E-state index in [1.807, 2.05) is 0 Å². The molecule has 0 aromatic heterocycles. The minimum absolute atomic E-state index is 0.0700. The molecule has 23 heavy (non-hydrogen) atoms. The topological polar surface area (TPSA) is 76.0 Å². The highest BCUT2D eigenvalue weighted by Crippen LogP contribution is 2.43. The summed E-state index contributed by atoms with van der Waals surface area (Å²) in [6.45, 7) is 3.39. The van der Waals surface area contributed by atoms with E-state index in [9.17, 15) is 15.0 Å². The monoisotopic (exact) mass is 318 g/mol. The molecule has 2 N–H and O–H groups in total. The summed E-state index contributed by atoms with van der Waals surface area (Å²) in [4.78, 5) is 12.5. The van der Waals surface area contributed by atoms with Crippen molar-refractivity contribution in [1.29, 1.82) is 0 Å². The van der Waals surface area contributed by atoms with Crippen molar-refractivity contribution in [2.75, 3.05) is 0 Å². The van der Waals surface area contributed by atoms with E-state index in [1.54, 1.807) is 19.9 Å². The van der Waals surface area contributed by atoms with Crippen LogP contribution in [0.25, 0.3) is 0 Å². The molecule has 0 radical (unpaired) electrons. The van der Waals surface area contributed by atoms with Gasteiger partial charge in [-0.2, -0.15) is 0 Å². The first-order valence-corrected chi connectivity index (χ1v) is 8.04. The van der Waals surface area contributed by atoms with Crippen molar-refractivity contribution in [2.45, 2.75) is 57.7 Å². The molecule has 0 saturated heterocycles. The molecule has 0 bridgehead atoms. The van der Waals surface area contributed by atoms with E-state index in [2.05, 4.69) is 0 Å². The maximum Gasteiger partial charge on any atom is 0.203 e. The molecule has 5 heteroatoms. The first-order valence-electron chi connectivity index (χ1n) is 8.04. The molecule has 1 aromatic carbocycles. The number of Topliss-reactive ketones (excluding diaryl/α,β-unsaturated/α-hetero) is 1. The molecule has 0 atom stereocenters. The van der Waals surface area contributed by atoms with Gasteiger partial charge in [-0.05, 0) is 39.5 Å². The predicted molar refractivity (Wildman–Crippen MR) is 85.4 cm³/mol. The number of ketones is 1. The molecular weight excluding hydrogens is 296 g/mol. The van der Waals surface area contributed by atoms with Gasteiger partial charge in [-0.1, -0.05) is 6.42 Å². The molecule has 1 fully saturated rings. The molecular formula is C18H22O5. The molecule has 1 saturated carbocycles. The number of ether oxygens (including phenoxy) is 2. The third kappa shape index (κ3) is 2.87. The molecule has 5 nitrogen and oxygen atoms in total. The Morgan fingerprint density at radius 2 is 1.96 bits per heavy atom. The highest BCUT2D eigenvalue weighted by molar-refractivity contribution is 6.14. The van der Waals surface area contributed by atoms with Crippen molar-refractivity contribution in [3.05, 3.63) is 29.5 Å². The van der Waals surface area contributed by atoms with Gasteiger partial charge in [-0.3, -0.25) is 4.79 Å². The normalized spacial score (nSPS) is 22.5. The zero-order chi connectivity index (χ0) is 16.6. The highest BCUT2D eigenvalue weighted by Gasteiger charge is 2.40. The number of aromatic hydroxyl groups is 1. The first-order chi connectivity index (χ1) is 10.9. The lowest BCUT2D eigenvalue weighted by Gasteiger charge is -2.34. The second kappa shape index (κ2) is 5.80. The third-order valence-corrected chi connectivity index (χ3v) is 4.52. The Bertz CT molecular complexity index is 654. The molecule has 0 spiro atoms. The zero-order valence-corrected chi connectivity index (χ0v) is 13.5. The van der Waals surface area contributed by atoms with Crippen molar-refractivity contribution < 1.29 is 24.5 Å². The number of fused-ring (bicyclic) bond motifs is 1. The Morgan fingerprint density at radius 3 is 2.61 bits per heavy atom. The Balaban J connectivity index is 1.94. The molecule has 1 heterocycles. The summed E-state index contributed by atoms with van der Waals surface area (Å²) in [5.41, 5.74) is -0.781. The molecule has 1 aliphatic carbocycles. The molecule has 0 unspecified atom stereocenters. The summed E-state index contributed by atoms with van der Waals surface area (Å²) in [6, 6.07) is 3.10. The van der Waals surface area contributed by atoms with Gasteiger partial charge in [-0.25, -0.2) is 0 Å². The number of phenols is 1. The summed E-state index contributed by atoms with van der Waals surface area (Å²) in [5.74, 6) is 0.179. The van der Waals surface area contributed by atoms with Crippen LogP contribution in [0.1, 0.15) is 56.3 Å². The minimum Gasteiger partial charge on any atom is -0.515 e. The van der Waals surface area contributed by atoms with Crippen LogP contribution in [0.15, 0.2) is 24.0 Å². The fourth-order valence-electron chi connectivity index (χ4n) is 3.28. The standard InChI is InChI=1S/C18H22O5/c1-18(2)13(10-19)17(21)16-14(20)8-12(9-15(16)23-18)22-11-6-4-3-5-7-11/h8-11,19-20H,3-7H2,1-2H3. The van der Waals surface area contributed by atoms with Crippen LogP contribution in [-0.2, 0) is 0 Å². The van der Waals surface area contributed by atoms with Gasteiger partial charge in [0.2, 0.25) is 5.78 Å². The second-order valence-corrected chi connectivity index (χ2v) is 6.68.